The van der Waals surface area contributed by atoms with Gasteiger partial charge in [0.05, 0.1) is 56.9 Å². The molecule has 506 valence electrons. The first kappa shape index (κ1) is 75.5. The van der Waals surface area contributed by atoms with Gasteiger partial charge in [-0.05, 0) is 116 Å². The maximum atomic E-state index is 8.75. The topological polar surface area (TPSA) is 248 Å². The Morgan fingerprint density at radius 3 is 1.21 bits per heavy atom. The van der Waals surface area contributed by atoms with E-state index in [1.165, 1.54) is 62.4 Å². The number of rotatable bonds is 17. The average Bonchev–Trinajstić information content (AvgIpc) is 1.65. The Kier molecular flexibility index (Phi) is 30.0. The van der Waals surface area contributed by atoms with Crippen LogP contribution in [0, 0.1) is 0 Å². The Hall–Kier alpha value is -6.29. The number of hydrogen-bond acceptors (Lipinski definition) is 16. The third-order valence-electron chi connectivity index (χ3n) is 18.6. The molecule has 2 unspecified atom stereocenters. The van der Waals surface area contributed by atoms with Crippen LogP contribution in [0.15, 0.2) is 146 Å². The molecule has 0 saturated heterocycles. The van der Waals surface area contributed by atoms with Crippen molar-refractivity contribution in [2.75, 3.05) is 65.0 Å². The molecule has 0 spiro atoms. The van der Waals surface area contributed by atoms with Crippen LogP contribution in [0.5, 0.6) is 17.2 Å². The molecular weight excluding hydrogens is 1200 g/mol. The molecule has 14 rings (SSSR count). The predicted molar refractivity (Wildman–Crippen MR) is 400 cm³/mol. The first-order chi connectivity index (χ1) is 46.6. The second-order valence-corrected chi connectivity index (χ2v) is 25.2. The van der Waals surface area contributed by atoms with Gasteiger partial charge in [0.15, 0.2) is 6.71 Å². The summed E-state index contributed by atoms with van der Waals surface area (Å²) in [7, 11) is 0. The summed E-state index contributed by atoms with van der Waals surface area (Å²) >= 11 is 0. The second kappa shape index (κ2) is 38.2. The molecule has 7 aromatic rings. The molecule has 23 heteroatoms. The van der Waals surface area contributed by atoms with Crippen LogP contribution in [0.4, 0.5) is 5.69 Å². The first-order valence-corrected chi connectivity index (χ1v) is 34.9. The third kappa shape index (κ3) is 19.3. The van der Waals surface area contributed by atoms with Gasteiger partial charge in [-0.2, -0.15) is 0 Å². The molecule has 0 saturated carbocycles. The van der Waals surface area contributed by atoms with E-state index in [-0.39, 0.29) is 79.6 Å². The van der Waals surface area contributed by atoms with Gasteiger partial charge in [0.25, 0.3) is 0 Å². The summed E-state index contributed by atoms with van der Waals surface area (Å²) in [4.78, 5) is 0. The molecule has 7 aromatic carbocycles. The molecule has 0 aliphatic carbocycles. The predicted octanol–water partition coefficient (Wildman–Crippen LogP) is 7.11. The molecule has 0 amide bonds. The van der Waals surface area contributed by atoms with Crippen LogP contribution in [0.25, 0.3) is 0 Å². The average molecular weight is 1300 g/mol. The van der Waals surface area contributed by atoms with Crippen LogP contribution in [-0.2, 0) is 41.0 Å². The highest BCUT2D eigenvalue weighted by Crippen LogP contribution is 2.31. The number of aliphatic hydroxyl groups is 3. The van der Waals surface area contributed by atoms with Gasteiger partial charge < -0.3 is 80.4 Å². The zero-order valence-corrected chi connectivity index (χ0v) is 58.1. The standard InChI is InChI=1S/2C12H18BNO3.C11H15BO3.2C10H13BO.C9H12BNO.C9H12BN/c2*1-13-12-9(11(8-14)17-13)4-2-5-10(12)16-7-3-6-15;1-12-11-9(8-15-12)4-2-5-10(11)14-7-3-6-13;2*1-3-10-8-6-4-5-7-9(8)11(2)12-10;1-10-8-5-3-2-4-7(8)9(6-11)12-10;1-10-5-4-7-2-3-8(11)6-9(7)10/h2*2,4-5,11,15H,3,6-8,14H2,1H3;2,4-5,13H,3,6-8H2,1H3;2*4-7,10H,3H2,1-2H3;2-5,9H,6,11H2,1H3;2-3,6H,4-5,11H2,1H3/t11-;;;2*10-;;/m1..10../s1. The van der Waals surface area contributed by atoms with Crippen molar-refractivity contribution in [2.45, 2.75) is 144 Å². The number of hydrogen-bond donors (Lipinski definition) is 7. The normalized spacial score (nSPS) is 18.4. The highest BCUT2D eigenvalue weighted by Gasteiger charge is 2.36. The zero-order chi connectivity index (χ0) is 68.7. The van der Waals surface area contributed by atoms with E-state index in [1.54, 1.807) is 0 Å². The maximum Gasteiger partial charge on any atom is 0.328 e. The lowest BCUT2D eigenvalue weighted by Crippen LogP contribution is -2.26. The molecular formula is C73H101B7N4O12. The quantitative estimate of drug-likeness (QED) is 0.0273. The van der Waals surface area contributed by atoms with Crippen LogP contribution in [0.3, 0.4) is 0 Å². The van der Waals surface area contributed by atoms with E-state index in [2.05, 4.69) is 120 Å². The van der Waals surface area contributed by atoms with Gasteiger partial charge in [-0.15, -0.1) is 0 Å². The summed E-state index contributed by atoms with van der Waals surface area (Å²) in [5.41, 5.74) is 41.4. The van der Waals surface area contributed by atoms with Crippen molar-refractivity contribution in [1.82, 2.24) is 0 Å². The van der Waals surface area contributed by atoms with Gasteiger partial charge in [-0.25, -0.2) is 0 Å². The number of nitrogen functional groups attached to an aromatic ring is 1. The van der Waals surface area contributed by atoms with Crippen LogP contribution in [0.2, 0.25) is 54.1 Å². The Bertz CT molecular complexity index is 3310. The van der Waals surface area contributed by atoms with Crippen LogP contribution in [-0.4, -0.2) is 123 Å². The smallest absolute Gasteiger partial charge is 0.328 e. The Labute approximate surface area is 574 Å². The molecule has 96 heavy (non-hydrogen) atoms. The highest BCUT2D eigenvalue weighted by atomic mass is 16.5. The van der Waals surface area contributed by atoms with Crippen LogP contribution < -0.4 is 75.4 Å². The van der Waals surface area contributed by atoms with Gasteiger partial charge in [0.1, 0.15) is 17.2 Å². The summed E-state index contributed by atoms with van der Waals surface area (Å²) in [6.45, 7) is 24.9. The number of fused-ring (bicyclic) bond motifs is 7. The maximum absolute atomic E-state index is 8.75. The Morgan fingerprint density at radius 2 is 0.781 bits per heavy atom. The van der Waals surface area contributed by atoms with Gasteiger partial charge in [-0.1, -0.05) is 194 Å². The van der Waals surface area contributed by atoms with E-state index in [1.807, 2.05) is 87.2 Å². The summed E-state index contributed by atoms with van der Waals surface area (Å²) < 4.78 is 51.3. The number of ether oxygens (including phenoxy) is 3. The van der Waals surface area contributed by atoms with Crippen molar-refractivity contribution in [1.29, 1.82) is 0 Å². The van der Waals surface area contributed by atoms with Crippen molar-refractivity contribution >= 4 is 92.1 Å². The van der Waals surface area contributed by atoms with E-state index >= 15 is 0 Å². The summed E-state index contributed by atoms with van der Waals surface area (Å²) in [5.74, 6) is 2.59. The highest BCUT2D eigenvalue weighted by molar-refractivity contribution is 6.74. The molecule has 0 radical (unpaired) electrons. The summed E-state index contributed by atoms with van der Waals surface area (Å²) in [6.07, 6.45) is 7.32. The van der Waals surface area contributed by atoms with Crippen LogP contribution in [0.1, 0.15) is 115 Å². The fourth-order valence-electron chi connectivity index (χ4n) is 13.6. The molecule has 0 aromatic heterocycles. The van der Waals surface area contributed by atoms with Gasteiger partial charge >= 0.3 is 41.5 Å². The van der Waals surface area contributed by atoms with Gasteiger partial charge in [-0.3, -0.25) is 0 Å². The van der Waals surface area contributed by atoms with Gasteiger partial charge in [0.2, 0.25) is 0 Å². The molecule has 0 bridgehead atoms. The molecule has 7 aliphatic heterocycles. The molecule has 16 nitrogen and oxygen atoms in total. The number of anilines is 1. The van der Waals surface area contributed by atoms with E-state index < -0.39 is 0 Å². The van der Waals surface area contributed by atoms with Crippen molar-refractivity contribution < 1.29 is 57.5 Å². The lowest BCUT2D eigenvalue weighted by Gasteiger charge is -2.11. The van der Waals surface area contributed by atoms with E-state index in [4.69, 9.17) is 80.4 Å². The van der Waals surface area contributed by atoms with Crippen molar-refractivity contribution in [3.63, 3.8) is 0 Å². The Morgan fingerprint density at radius 1 is 0.406 bits per heavy atom. The van der Waals surface area contributed by atoms with E-state index in [9.17, 15) is 0 Å². The number of aliphatic hydroxyl groups excluding tert-OH is 3. The number of nitrogens with two attached hydrogens (primary N) is 4. The molecule has 0 fully saturated rings. The second-order valence-electron chi connectivity index (χ2n) is 25.2. The number of aryl methyl sites for hydroxylation is 1. The lowest BCUT2D eigenvalue weighted by atomic mass is 9.48. The van der Waals surface area contributed by atoms with Gasteiger partial charge in [0, 0.05) is 64.4 Å². The van der Waals surface area contributed by atoms with Crippen LogP contribution >= 0.6 is 0 Å². The molecule has 7 aliphatic rings. The number of benzene rings is 7. The van der Waals surface area contributed by atoms with Crippen molar-refractivity contribution in [3.05, 3.63) is 185 Å². The summed E-state index contributed by atoms with van der Waals surface area (Å²) in [5, 5.41) is 26.2. The lowest BCUT2D eigenvalue weighted by molar-refractivity contribution is 0.221. The van der Waals surface area contributed by atoms with Crippen molar-refractivity contribution in [2.24, 2.45) is 17.2 Å². The minimum atomic E-state index is -0.0265. The minimum absolute atomic E-state index is 0.0175. The van der Waals surface area contributed by atoms with E-state index in [0.29, 0.717) is 84.2 Å². The zero-order valence-electron chi connectivity index (χ0n) is 58.1. The SMILES string of the molecule is CB1CCc2ccc(N)cc21.CB1OC(CN)c2cccc(OCCCO)c21.CB1OC(CN)c2ccccc21.CB1OCc2cccc(OCCCO)c21.CB1O[C@H](CN)c2cccc(OCCCO)c21.CC[C@@H]1OB(C)c2ccccc21.CC[C@H]1OB(C)c2ccccc21. The van der Waals surface area contributed by atoms with E-state index in [0.717, 1.165) is 63.3 Å². The Balaban J connectivity index is 0.000000144. The fraction of sp³-hybridized carbons (Fsp3) is 0.425. The molecule has 7 heterocycles. The third-order valence-corrected chi connectivity index (χ3v) is 18.6. The monoisotopic (exact) mass is 1300 g/mol. The van der Waals surface area contributed by atoms with Crippen molar-refractivity contribution in [3.8, 4) is 17.2 Å². The fourth-order valence-corrected chi connectivity index (χ4v) is 13.6. The molecule has 5 atom stereocenters. The largest absolute Gasteiger partial charge is 0.494 e. The first-order valence-electron chi connectivity index (χ1n) is 34.9. The molecule has 11 N–H and O–H groups in total. The summed E-state index contributed by atoms with van der Waals surface area (Å²) in [6, 6.07) is 49.4. The minimum Gasteiger partial charge on any atom is -0.494 e.